The van der Waals surface area contributed by atoms with Gasteiger partial charge in [-0.2, -0.15) is 0 Å². The Morgan fingerprint density at radius 3 is 2.56 bits per heavy atom. The molecule has 0 saturated carbocycles. The van der Waals surface area contributed by atoms with Gasteiger partial charge in [-0.15, -0.1) is 0 Å². The maximum Gasteiger partial charge on any atom is 0.335 e. The number of anilines is 1. The fourth-order valence-electron chi connectivity index (χ4n) is 2.50. The third-order valence-electron chi connectivity index (χ3n) is 3.84. The molecule has 25 heavy (non-hydrogen) atoms. The highest BCUT2D eigenvalue weighted by Gasteiger charge is 2.16. The van der Waals surface area contributed by atoms with Gasteiger partial charge in [0.25, 0.3) is 0 Å². The van der Waals surface area contributed by atoms with E-state index in [1.807, 2.05) is 37.3 Å². The predicted molar refractivity (Wildman–Crippen MR) is 95.7 cm³/mol. The number of carbonyl (C=O) groups excluding carboxylic acids is 1. The summed E-state index contributed by atoms with van der Waals surface area (Å²) in [5, 5.41) is 11.6. The van der Waals surface area contributed by atoms with E-state index in [0.717, 1.165) is 16.9 Å². The largest absolute Gasteiger partial charge is 0.485 e. The second-order valence-corrected chi connectivity index (χ2v) is 5.65. The normalized spacial score (nSPS) is 15.9. The topological polar surface area (TPSA) is 75.6 Å². The lowest BCUT2D eigenvalue weighted by molar-refractivity contribution is -0.111. The van der Waals surface area contributed by atoms with E-state index in [-0.39, 0.29) is 17.6 Å². The summed E-state index contributed by atoms with van der Waals surface area (Å²) in [6.45, 7) is 1.93. The Morgan fingerprint density at radius 2 is 1.84 bits per heavy atom. The Bertz CT molecular complexity index is 866. The van der Waals surface area contributed by atoms with Crippen LogP contribution in [0.1, 0.15) is 22.8 Å². The second-order valence-electron chi connectivity index (χ2n) is 5.65. The number of para-hydroxylation sites is 1. The molecule has 5 nitrogen and oxygen atoms in total. The van der Waals surface area contributed by atoms with Gasteiger partial charge < -0.3 is 15.2 Å². The van der Waals surface area contributed by atoms with Gasteiger partial charge in [-0.05, 0) is 55.0 Å². The molecule has 126 valence electrons. The van der Waals surface area contributed by atoms with Crippen molar-refractivity contribution < 1.29 is 19.4 Å². The lowest BCUT2D eigenvalue weighted by Gasteiger charge is -2.22. The fourth-order valence-corrected chi connectivity index (χ4v) is 2.50. The molecule has 0 spiro atoms. The molecule has 3 rings (SSSR count). The van der Waals surface area contributed by atoms with Crippen LogP contribution in [0.3, 0.4) is 0 Å². The predicted octanol–water partition coefficient (Wildman–Crippen LogP) is 3.74. The van der Waals surface area contributed by atoms with Crippen LogP contribution >= 0.6 is 0 Å². The van der Waals surface area contributed by atoms with Crippen LogP contribution in [0.25, 0.3) is 6.08 Å². The van der Waals surface area contributed by atoms with Crippen molar-refractivity contribution in [2.24, 2.45) is 0 Å². The molecule has 1 aliphatic heterocycles. The van der Waals surface area contributed by atoms with E-state index in [2.05, 4.69) is 5.32 Å². The maximum absolute atomic E-state index is 12.0. The molecule has 1 heterocycles. The van der Waals surface area contributed by atoms with Gasteiger partial charge in [0.05, 0.1) is 5.56 Å². The average Bonchev–Trinajstić information content (AvgIpc) is 2.60. The highest BCUT2D eigenvalue weighted by molar-refractivity contribution is 6.00. The Kier molecular flexibility index (Phi) is 4.66. The molecule has 0 saturated heterocycles. The SMILES string of the molecule is CC1Oc2ccccc2C=C1C=CC(=O)Nc1ccc(C(=O)O)cc1. The number of carboxylic acid groups (broad SMARTS) is 1. The number of carbonyl (C=O) groups is 2. The second kappa shape index (κ2) is 7.05. The molecular weight excluding hydrogens is 318 g/mol. The number of carboxylic acids is 1. The van der Waals surface area contributed by atoms with Crippen LogP contribution in [0.4, 0.5) is 5.69 Å². The van der Waals surface area contributed by atoms with E-state index in [1.165, 1.54) is 18.2 Å². The number of nitrogens with one attached hydrogen (secondary N) is 1. The van der Waals surface area contributed by atoms with E-state index in [4.69, 9.17) is 9.84 Å². The molecule has 0 aromatic heterocycles. The van der Waals surface area contributed by atoms with Gasteiger partial charge in [-0.25, -0.2) is 4.79 Å². The van der Waals surface area contributed by atoms with Crippen molar-refractivity contribution in [1.82, 2.24) is 0 Å². The molecule has 2 N–H and O–H groups in total. The van der Waals surface area contributed by atoms with Gasteiger partial charge in [-0.1, -0.05) is 18.2 Å². The van der Waals surface area contributed by atoms with Crippen molar-refractivity contribution in [3.63, 3.8) is 0 Å². The van der Waals surface area contributed by atoms with Crippen LogP contribution in [-0.2, 0) is 4.79 Å². The standard InChI is InChI=1S/C20H17NO4/c1-13-15(12-16-4-2-3-5-18(16)25-13)8-11-19(22)21-17-9-6-14(7-10-17)20(23)24/h2-13H,1H3,(H,21,22)(H,23,24). The summed E-state index contributed by atoms with van der Waals surface area (Å²) in [7, 11) is 0. The molecule has 1 amide bonds. The van der Waals surface area contributed by atoms with Crippen molar-refractivity contribution in [1.29, 1.82) is 0 Å². The summed E-state index contributed by atoms with van der Waals surface area (Å²) >= 11 is 0. The molecule has 1 atom stereocenters. The number of hydrogen-bond acceptors (Lipinski definition) is 3. The fraction of sp³-hybridized carbons (Fsp3) is 0.100. The van der Waals surface area contributed by atoms with Crippen molar-refractivity contribution >= 4 is 23.6 Å². The van der Waals surface area contributed by atoms with Crippen molar-refractivity contribution in [3.05, 3.63) is 77.4 Å². The third-order valence-corrected chi connectivity index (χ3v) is 3.84. The molecule has 2 aromatic rings. The summed E-state index contributed by atoms with van der Waals surface area (Å²) in [6, 6.07) is 13.7. The Balaban J connectivity index is 1.68. The van der Waals surface area contributed by atoms with E-state index in [1.54, 1.807) is 18.2 Å². The van der Waals surface area contributed by atoms with Crippen LogP contribution < -0.4 is 10.1 Å². The quantitative estimate of drug-likeness (QED) is 0.835. The molecule has 0 radical (unpaired) electrons. The Hall–Kier alpha value is -3.34. The van der Waals surface area contributed by atoms with E-state index in [9.17, 15) is 9.59 Å². The van der Waals surface area contributed by atoms with Crippen LogP contribution in [-0.4, -0.2) is 23.1 Å². The number of benzene rings is 2. The maximum atomic E-state index is 12.0. The molecule has 0 fully saturated rings. The number of aromatic carboxylic acids is 1. The summed E-state index contributed by atoms with van der Waals surface area (Å²) in [5.74, 6) is -0.471. The van der Waals surface area contributed by atoms with Gasteiger partial charge in [0.15, 0.2) is 0 Å². The minimum atomic E-state index is -1.00. The lowest BCUT2D eigenvalue weighted by atomic mass is 10.0. The minimum absolute atomic E-state index is 0.145. The first-order valence-electron chi connectivity index (χ1n) is 7.82. The van der Waals surface area contributed by atoms with Crippen LogP contribution in [0.15, 0.2) is 66.3 Å². The third kappa shape index (κ3) is 3.95. The van der Waals surface area contributed by atoms with Crippen LogP contribution in [0, 0.1) is 0 Å². The monoisotopic (exact) mass is 335 g/mol. The number of amides is 1. The first-order valence-corrected chi connectivity index (χ1v) is 7.82. The van der Waals surface area contributed by atoms with Crippen LogP contribution in [0.2, 0.25) is 0 Å². The van der Waals surface area contributed by atoms with Gasteiger partial charge in [0, 0.05) is 17.3 Å². The van der Waals surface area contributed by atoms with Crippen molar-refractivity contribution in [2.45, 2.75) is 13.0 Å². The molecule has 0 aliphatic carbocycles. The Morgan fingerprint density at radius 1 is 1.12 bits per heavy atom. The number of rotatable bonds is 4. The summed E-state index contributed by atoms with van der Waals surface area (Å²) in [5.41, 5.74) is 2.58. The number of ether oxygens (including phenoxy) is 1. The van der Waals surface area contributed by atoms with Crippen molar-refractivity contribution in [3.8, 4) is 5.75 Å². The zero-order chi connectivity index (χ0) is 17.8. The van der Waals surface area contributed by atoms with E-state index < -0.39 is 5.97 Å². The van der Waals surface area contributed by atoms with E-state index in [0.29, 0.717) is 5.69 Å². The van der Waals surface area contributed by atoms with Gasteiger partial charge in [0.2, 0.25) is 5.91 Å². The molecule has 1 aliphatic rings. The highest BCUT2D eigenvalue weighted by atomic mass is 16.5. The highest BCUT2D eigenvalue weighted by Crippen LogP contribution is 2.29. The summed E-state index contributed by atoms with van der Waals surface area (Å²) < 4.78 is 5.82. The molecule has 0 bridgehead atoms. The van der Waals surface area contributed by atoms with Gasteiger partial charge in [-0.3, -0.25) is 4.79 Å². The van der Waals surface area contributed by atoms with Crippen molar-refractivity contribution in [2.75, 3.05) is 5.32 Å². The average molecular weight is 335 g/mol. The minimum Gasteiger partial charge on any atom is -0.485 e. The first kappa shape index (κ1) is 16.5. The number of hydrogen-bond donors (Lipinski definition) is 2. The first-order chi connectivity index (χ1) is 12.0. The molecule has 5 heteroatoms. The van der Waals surface area contributed by atoms with Crippen LogP contribution in [0.5, 0.6) is 5.75 Å². The zero-order valence-corrected chi connectivity index (χ0v) is 13.6. The molecule has 1 unspecified atom stereocenters. The zero-order valence-electron chi connectivity index (χ0n) is 13.6. The molecule has 2 aromatic carbocycles. The van der Waals surface area contributed by atoms with E-state index >= 15 is 0 Å². The molecular formula is C20H17NO4. The van der Waals surface area contributed by atoms with Gasteiger partial charge in [0.1, 0.15) is 11.9 Å². The summed E-state index contributed by atoms with van der Waals surface area (Å²) in [4.78, 5) is 22.9. The lowest BCUT2D eigenvalue weighted by Crippen LogP contribution is -2.18. The van der Waals surface area contributed by atoms with Gasteiger partial charge >= 0.3 is 5.97 Å². The smallest absolute Gasteiger partial charge is 0.335 e. The summed E-state index contributed by atoms with van der Waals surface area (Å²) in [6.07, 6.45) is 5.01. The Labute approximate surface area is 145 Å². The number of fused-ring (bicyclic) bond motifs is 1.